The van der Waals surface area contributed by atoms with Crippen molar-refractivity contribution in [2.75, 3.05) is 0 Å². The van der Waals surface area contributed by atoms with E-state index in [1.807, 2.05) is 76.2 Å². The summed E-state index contributed by atoms with van der Waals surface area (Å²) in [4.78, 5) is 25.6. The minimum atomic E-state index is -3.67. The molecule has 6 nitrogen and oxygen atoms in total. The number of carbonyl (C=O) groups is 1. The highest BCUT2D eigenvalue weighted by molar-refractivity contribution is 5.83. The normalized spacial score (nSPS) is 13.7. The van der Waals surface area contributed by atoms with Crippen LogP contribution in [0.15, 0.2) is 71.3 Å². The van der Waals surface area contributed by atoms with Crippen LogP contribution in [0.5, 0.6) is 0 Å². The number of benzene rings is 2. The van der Waals surface area contributed by atoms with Gasteiger partial charge in [0.2, 0.25) is 0 Å². The molecule has 0 fully saturated rings. The van der Waals surface area contributed by atoms with E-state index in [2.05, 4.69) is 10.6 Å². The summed E-state index contributed by atoms with van der Waals surface area (Å²) in [6, 6.07) is 12.3. The first-order valence-electron chi connectivity index (χ1n) is 11.1. The van der Waals surface area contributed by atoms with Crippen LogP contribution in [0.3, 0.4) is 0 Å². The van der Waals surface area contributed by atoms with Gasteiger partial charge in [0, 0.05) is 30.4 Å². The summed E-state index contributed by atoms with van der Waals surface area (Å²) >= 11 is 0. The molecule has 0 aliphatic carbocycles. The topological polar surface area (TPSA) is 76.0 Å². The highest BCUT2D eigenvalue weighted by atomic mass is 19.4. The number of alkyl halides is 3. The SMILES string of the molecule is C=O.CC.CC1NC=CC=C1NCc1cc(F)cc2c(=O)n(C)c(-c3ccccc3)nc12.FC(F)F. The van der Waals surface area contributed by atoms with E-state index in [1.165, 1.54) is 16.7 Å². The highest BCUT2D eigenvalue weighted by Gasteiger charge is 2.16. The minimum Gasteiger partial charge on any atom is -0.383 e. The van der Waals surface area contributed by atoms with Crippen molar-refractivity contribution in [1.29, 1.82) is 0 Å². The average Bonchev–Trinajstić information content (AvgIpc) is 2.88. The number of halogens is 4. The molecule has 194 valence electrons. The third kappa shape index (κ3) is 8.07. The van der Waals surface area contributed by atoms with Crippen molar-refractivity contribution >= 4 is 17.7 Å². The molecule has 0 amide bonds. The molecule has 36 heavy (non-hydrogen) atoms. The van der Waals surface area contributed by atoms with E-state index in [-0.39, 0.29) is 17.0 Å². The number of allylic oxidation sites excluding steroid dienone is 2. The van der Waals surface area contributed by atoms with Gasteiger partial charge in [-0.2, -0.15) is 13.2 Å². The number of fused-ring (bicyclic) bond motifs is 1. The summed E-state index contributed by atoms with van der Waals surface area (Å²) in [7, 11) is 1.66. The third-order valence-electron chi connectivity index (χ3n) is 4.92. The zero-order valence-corrected chi connectivity index (χ0v) is 20.6. The Kier molecular flexibility index (Phi) is 12.6. The molecule has 4 rings (SSSR count). The second-order valence-electron chi connectivity index (χ2n) is 7.10. The van der Waals surface area contributed by atoms with Gasteiger partial charge in [-0.25, -0.2) is 9.37 Å². The fraction of sp³-hybridized carbons (Fsp3) is 0.269. The number of nitrogens with one attached hydrogen (secondary N) is 2. The van der Waals surface area contributed by atoms with Crippen LogP contribution in [0.25, 0.3) is 22.3 Å². The van der Waals surface area contributed by atoms with Gasteiger partial charge in [-0.3, -0.25) is 9.36 Å². The van der Waals surface area contributed by atoms with Crippen LogP contribution < -0.4 is 16.2 Å². The maximum atomic E-state index is 14.2. The van der Waals surface area contributed by atoms with Gasteiger partial charge < -0.3 is 15.4 Å². The molecule has 2 heterocycles. The standard InChI is InChI=1S/C22H21FN4O.C2H6.CHF3.CH2O/c1-14-19(9-6-10-24-14)25-13-16-11-17(23)12-18-20(16)26-21(27(2)22(18)28)15-7-4-3-5-8-15;1-2;2-1(3)4;1-2/h3-12,14,24-25H,13H2,1-2H3;1-2H3;1H;1H2. The van der Waals surface area contributed by atoms with Gasteiger partial charge >= 0.3 is 6.68 Å². The van der Waals surface area contributed by atoms with E-state index in [9.17, 15) is 22.4 Å². The predicted octanol–water partition coefficient (Wildman–Crippen LogP) is 5.24. The van der Waals surface area contributed by atoms with E-state index >= 15 is 0 Å². The molecule has 1 aromatic heterocycles. The summed E-state index contributed by atoms with van der Waals surface area (Å²) in [5.41, 5.74) is 2.73. The molecule has 2 N–H and O–H groups in total. The van der Waals surface area contributed by atoms with Crippen LogP contribution in [0.2, 0.25) is 0 Å². The lowest BCUT2D eigenvalue weighted by Gasteiger charge is -2.21. The molecule has 0 saturated carbocycles. The van der Waals surface area contributed by atoms with Crippen molar-refractivity contribution < 1.29 is 22.4 Å². The van der Waals surface area contributed by atoms with Crippen LogP contribution in [0.4, 0.5) is 17.6 Å². The second-order valence-corrected chi connectivity index (χ2v) is 7.10. The molecular weight excluding hydrogens is 476 g/mol. The Labute approximate surface area is 207 Å². The fourth-order valence-corrected chi connectivity index (χ4v) is 3.38. The van der Waals surface area contributed by atoms with E-state index in [4.69, 9.17) is 9.78 Å². The molecule has 0 saturated heterocycles. The average molecular weight is 507 g/mol. The highest BCUT2D eigenvalue weighted by Crippen LogP contribution is 2.22. The largest absolute Gasteiger partial charge is 0.383 e. The first-order valence-corrected chi connectivity index (χ1v) is 11.1. The van der Waals surface area contributed by atoms with Gasteiger partial charge in [0.25, 0.3) is 5.56 Å². The van der Waals surface area contributed by atoms with E-state index in [0.717, 1.165) is 11.3 Å². The molecule has 10 heteroatoms. The van der Waals surface area contributed by atoms with Crippen molar-refractivity contribution in [2.24, 2.45) is 7.05 Å². The Morgan fingerprint density at radius 1 is 1.14 bits per heavy atom. The number of aromatic nitrogens is 2. The summed E-state index contributed by atoms with van der Waals surface area (Å²) < 4.78 is 44.7. The first kappa shape index (κ1) is 30.1. The molecule has 1 unspecified atom stereocenters. The Morgan fingerprint density at radius 3 is 2.33 bits per heavy atom. The van der Waals surface area contributed by atoms with Gasteiger partial charge in [0.05, 0.1) is 16.9 Å². The predicted molar refractivity (Wildman–Crippen MR) is 135 cm³/mol. The van der Waals surface area contributed by atoms with Crippen molar-refractivity contribution in [3.8, 4) is 11.4 Å². The monoisotopic (exact) mass is 506 g/mol. The maximum absolute atomic E-state index is 14.2. The first-order chi connectivity index (χ1) is 17.3. The summed E-state index contributed by atoms with van der Waals surface area (Å²) in [5.74, 6) is 0.111. The molecule has 0 bridgehead atoms. The van der Waals surface area contributed by atoms with Crippen molar-refractivity contribution in [1.82, 2.24) is 20.2 Å². The number of hydrogen-bond donors (Lipinski definition) is 2. The Morgan fingerprint density at radius 2 is 1.75 bits per heavy atom. The van der Waals surface area contributed by atoms with E-state index in [0.29, 0.717) is 23.4 Å². The quantitative estimate of drug-likeness (QED) is 0.474. The van der Waals surface area contributed by atoms with Crippen LogP contribution in [-0.4, -0.2) is 29.1 Å². The third-order valence-corrected chi connectivity index (χ3v) is 4.92. The Balaban J connectivity index is 0.000000725. The molecule has 0 spiro atoms. The van der Waals surface area contributed by atoms with Crippen molar-refractivity contribution in [3.05, 3.63) is 88.2 Å². The molecule has 0 radical (unpaired) electrons. The lowest BCUT2D eigenvalue weighted by molar-refractivity contribution is -0.0980. The van der Waals surface area contributed by atoms with Gasteiger partial charge in [-0.1, -0.05) is 44.2 Å². The zero-order chi connectivity index (χ0) is 27.3. The molecular formula is C26H30F4N4O2. The molecule has 1 atom stereocenters. The van der Waals surface area contributed by atoms with Gasteiger partial charge in [-0.15, -0.1) is 0 Å². The van der Waals surface area contributed by atoms with E-state index < -0.39 is 12.5 Å². The van der Waals surface area contributed by atoms with Gasteiger partial charge in [-0.05, 0) is 37.4 Å². The smallest absolute Gasteiger partial charge is 0.379 e. The number of rotatable bonds is 4. The summed E-state index contributed by atoms with van der Waals surface area (Å²) in [6.45, 7) is 4.74. The number of dihydropyridines is 1. The van der Waals surface area contributed by atoms with Crippen molar-refractivity contribution in [3.63, 3.8) is 0 Å². The molecule has 1 aliphatic heterocycles. The van der Waals surface area contributed by atoms with Gasteiger partial charge in [0.15, 0.2) is 0 Å². The van der Waals surface area contributed by atoms with Crippen LogP contribution >= 0.6 is 0 Å². The summed E-state index contributed by atoms with van der Waals surface area (Å²) in [5, 5.41) is 6.82. The summed E-state index contributed by atoms with van der Waals surface area (Å²) in [6.07, 6.45) is 5.77. The maximum Gasteiger partial charge on any atom is 0.379 e. The minimum absolute atomic E-state index is 0.130. The lowest BCUT2D eigenvalue weighted by atomic mass is 10.1. The molecule has 3 aromatic rings. The van der Waals surface area contributed by atoms with Crippen LogP contribution in [-0.2, 0) is 18.4 Å². The number of hydrogen-bond acceptors (Lipinski definition) is 5. The number of nitrogens with zero attached hydrogens (tertiary/aromatic N) is 2. The van der Waals surface area contributed by atoms with Crippen molar-refractivity contribution in [2.45, 2.75) is 40.0 Å². The zero-order valence-electron chi connectivity index (χ0n) is 20.6. The Hall–Kier alpha value is -3.95. The lowest BCUT2D eigenvalue weighted by Crippen LogP contribution is -2.32. The molecule has 1 aliphatic rings. The number of carbonyl (C=O) groups excluding carboxylic acids is 1. The Bertz CT molecular complexity index is 1230. The van der Waals surface area contributed by atoms with Gasteiger partial charge in [0.1, 0.15) is 18.4 Å². The fourth-order valence-electron chi connectivity index (χ4n) is 3.38. The van der Waals surface area contributed by atoms with Crippen LogP contribution in [0.1, 0.15) is 26.3 Å². The van der Waals surface area contributed by atoms with Crippen LogP contribution in [0, 0.1) is 5.82 Å². The second kappa shape index (κ2) is 15.1. The van der Waals surface area contributed by atoms with E-state index in [1.54, 1.807) is 7.05 Å². The molecule has 2 aromatic carbocycles.